The zero-order valence-corrected chi connectivity index (χ0v) is 13.0. The number of rotatable bonds is 5. The van der Waals surface area contributed by atoms with Crippen LogP contribution in [0.15, 0.2) is 4.90 Å². The summed E-state index contributed by atoms with van der Waals surface area (Å²) in [6, 6.07) is -0.106. The molecule has 0 saturated carbocycles. The molecule has 1 atom stereocenters. The van der Waals surface area contributed by atoms with Crippen molar-refractivity contribution in [1.82, 2.24) is 19.8 Å². The van der Waals surface area contributed by atoms with Gasteiger partial charge in [-0.25, -0.2) is 8.42 Å². The molecule has 20 heavy (non-hydrogen) atoms. The van der Waals surface area contributed by atoms with E-state index in [0.717, 1.165) is 6.42 Å². The fourth-order valence-electron chi connectivity index (χ4n) is 2.49. The third-order valence-electron chi connectivity index (χ3n) is 3.52. The number of ether oxygens (including phenoxy) is 1. The molecule has 8 heteroatoms. The van der Waals surface area contributed by atoms with Crippen LogP contribution in [0.25, 0.3) is 0 Å². The summed E-state index contributed by atoms with van der Waals surface area (Å²) in [6.07, 6.45) is 0.734. The highest BCUT2D eigenvalue weighted by molar-refractivity contribution is 7.89. The predicted molar refractivity (Wildman–Crippen MR) is 74.9 cm³/mol. The molecule has 2 heterocycles. The quantitative estimate of drug-likeness (QED) is 0.813. The second kappa shape index (κ2) is 6.21. The predicted octanol–water partition coefficient (Wildman–Crippen LogP) is 0.237. The van der Waals surface area contributed by atoms with Crippen LogP contribution in [-0.4, -0.2) is 55.8 Å². The normalized spacial score (nSPS) is 21.2. The number of hydrogen-bond donors (Lipinski definition) is 2. The van der Waals surface area contributed by atoms with E-state index < -0.39 is 10.0 Å². The fourth-order valence-corrected chi connectivity index (χ4v) is 4.49. The van der Waals surface area contributed by atoms with Crippen LogP contribution in [0.3, 0.4) is 0 Å². The van der Waals surface area contributed by atoms with Crippen LogP contribution >= 0.6 is 0 Å². The van der Waals surface area contributed by atoms with Gasteiger partial charge in [-0.3, -0.25) is 5.10 Å². The van der Waals surface area contributed by atoms with Crippen LogP contribution in [0.1, 0.15) is 24.7 Å². The molecule has 0 radical (unpaired) electrons. The third kappa shape index (κ3) is 2.73. The van der Waals surface area contributed by atoms with Crippen molar-refractivity contribution in [3.05, 3.63) is 11.4 Å². The Kier molecular flexibility index (Phi) is 4.79. The zero-order valence-electron chi connectivity index (χ0n) is 12.1. The van der Waals surface area contributed by atoms with Crippen LogP contribution in [0.2, 0.25) is 0 Å². The highest BCUT2D eigenvalue weighted by Gasteiger charge is 2.36. The van der Waals surface area contributed by atoms with Gasteiger partial charge < -0.3 is 10.1 Å². The number of H-pyrrole nitrogens is 1. The minimum Gasteiger partial charge on any atom is -0.378 e. The summed E-state index contributed by atoms with van der Waals surface area (Å²) in [5.74, 6) is 0. The van der Waals surface area contributed by atoms with Gasteiger partial charge >= 0.3 is 0 Å². The van der Waals surface area contributed by atoms with Gasteiger partial charge in [0.2, 0.25) is 10.0 Å². The van der Waals surface area contributed by atoms with Crippen molar-refractivity contribution >= 4 is 10.0 Å². The molecule has 1 unspecified atom stereocenters. The SMILES string of the molecule is CCC1COCCN1S(=O)(=O)c1c(CNC)n[nH]c1C. The molecule has 0 spiro atoms. The van der Waals surface area contributed by atoms with E-state index in [0.29, 0.717) is 42.6 Å². The maximum absolute atomic E-state index is 12.9. The smallest absolute Gasteiger partial charge is 0.247 e. The van der Waals surface area contributed by atoms with E-state index >= 15 is 0 Å². The fraction of sp³-hybridized carbons (Fsp3) is 0.750. The molecule has 2 N–H and O–H groups in total. The Bertz CT molecular complexity index is 555. The number of morpholine rings is 1. The molecule has 1 aromatic rings. The minimum atomic E-state index is -3.54. The molecule has 1 saturated heterocycles. The largest absolute Gasteiger partial charge is 0.378 e. The van der Waals surface area contributed by atoms with E-state index in [2.05, 4.69) is 15.5 Å². The van der Waals surface area contributed by atoms with E-state index in [-0.39, 0.29) is 6.04 Å². The number of nitrogens with one attached hydrogen (secondary N) is 2. The van der Waals surface area contributed by atoms with Crippen molar-refractivity contribution in [1.29, 1.82) is 0 Å². The van der Waals surface area contributed by atoms with Gasteiger partial charge in [0.1, 0.15) is 4.90 Å². The lowest BCUT2D eigenvalue weighted by atomic mass is 10.2. The molecule has 1 aromatic heterocycles. The monoisotopic (exact) mass is 302 g/mol. The maximum Gasteiger partial charge on any atom is 0.247 e. The van der Waals surface area contributed by atoms with Gasteiger partial charge in [-0.05, 0) is 20.4 Å². The third-order valence-corrected chi connectivity index (χ3v) is 5.67. The van der Waals surface area contributed by atoms with Crippen LogP contribution in [0.4, 0.5) is 0 Å². The Hall–Kier alpha value is -0.960. The standard InChI is InChI=1S/C12H22N4O3S/c1-4-10-8-19-6-5-16(10)20(17,18)12-9(2)14-15-11(12)7-13-3/h10,13H,4-8H2,1-3H3,(H,14,15). The molecule has 7 nitrogen and oxygen atoms in total. The minimum absolute atomic E-state index is 0.106. The summed E-state index contributed by atoms with van der Waals surface area (Å²) in [5.41, 5.74) is 1.11. The Balaban J connectivity index is 2.41. The molecule has 1 aliphatic heterocycles. The average Bonchev–Trinajstić information content (AvgIpc) is 2.81. The first-order chi connectivity index (χ1) is 9.52. The molecule has 0 bridgehead atoms. The summed E-state index contributed by atoms with van der Waals surface area (Å²) < 4.78 is 32.8. The summed E-state index contributed by atoms with van der Waals surface area (Å²) in [4.78, 5) is 0.298. The van der Waals surface area contributed by atoms with Crippen molar-refractivity contribution in [3.8, 4) is 0 Å². The van der Waals surface area contributed by atoms with Crippen molar-refractivity contribution in [3.63, 3.8) is 0 Å². The highest BCUT2D eigenvalue weighted by Crippen LogP contribution is 2.26. The molecule has 114 valence electrons. The lowest BCUT2D eigenvalue weighted by Gasteiger charge is -2.34. The van der Waals surface area contributed by atoms with E-state index in [9.17, 15) is 8.42 Å². The number of aromatic nitrogens is 2. The second-order valence-corrected chi connectivity index (χ2v) is 6.73. The van der Waals surface area contributed by atoms with E-state index in [1.807, 2.05) is 6.92 Å². The van der Waals surface area contributed by atoms with Crippen LogP contribution in [0, 0.1) is 6.92 Å². The molecule has 1 fully saturated rings. The van der Waals surface area contributed by atoms with Gasteiger partial charge in [0.05, 0.1) is 24.6 Å². The number of hydrogen-bond acceptors (Lipinski definition) is 5. The average molecular weight is 302 g/mol. The van der Waals surface area contributed by atoms with Gasteiger partial charge in [-0.15, -0.1) is 0 Å². The Morgan fingerprint density at radius 3 is 2.95 bits per heavy atom. The number of sulfonamides is 1. The Morgan fingerprint density at radius 2 is 2.30 bits per heavy atom. The van der Waals surface area contributed by atoms with Crippen molar-refractivity contribution in [2.45, 2.75) is 37.8 Å². The summed E-state index contributed by atoms with van der Waals surface area (Å²) in [5, 5.41) is 9.81. The van der Waals surface area contributed by atoms with Gasteiger partial charge in [0.25, 0.3) is 0 Å². The molecule has 1 aliphatic rings. The van der Waals surface area contributed by atoms with Crippen LogP contribution < -0.4 is 5.32 Å². The van der Waals surface area contributed by atoms with Gasteiger partial charge in [-0.2, -0.15) is 9.40 Å². The molecule has 0 aliphatic carbocycles. The zero-order chi connectivity index (χ0) is 14.8. The van der Waals surface area contributed by atoms with Crippen molar-refractivity contribution in [2.75, 3.05) is 26.8 Å². The lowest BCUT2D eigenvalue weighted by Crippen LogP contribution is -2.48. The first-order valence-corrected chi connectivity index (χ1v) is 8.24. The Morgan fingerprint density at radius 1 is 1.55 bits per heavy atom. The number of nitrogens with zero attached hydrogens (tertiary/aromatic N) is 2. The lowest BCUT2D eigenvalue weighted by molar-refractivity contribution is 0.0314. The van der Waals surface area contributed by atoms with Crippen molar-refractivity contribution in [2.24, 2.45) is 0 Å². The summed E-state index contributed by atoms with van der Waals surface area (Å²) >= 11 is 0. The van der Waals surface area contributed by atoms with Gasteiger partial charge in [-0.1, -0.05) is 6.92 Å². The molecule has 0 amide bonds. The first kappa shape index (κ1) is 15.4. The second-order valence-electron chi connectivity index (χ2n) is 4.91. The molecule has 2 rings (SSSR count). The summed E-state index contributed by atoms with van der Waals surface area (Å²) in [6.45, 7) is 5.41. The van der Waals surface area contributed by atoms with Gasteiger partial charge in [0, 0.05) is 19.1 Å². The molecular formula is C12H22N4O3S. The molecular weight excluding hydrogens is 280 g/mol. The molecule has 0 aromatic carbocycles. The van der Waals surface area contributed by atoms with E-state index in [4.69, 9.17) is 4.74 Å². The van der Waals surface area contributed by atoms with E-state index in [1.165, 1.54) is 0 Å². The van der Waals surface area contributed by atoms with Gasteiger partial charge in [0.15, 0.2) is 0 Å². The Labute approximate surface area is 119 Å². The van der Waals surface area contributed by atoms with Crippen LogP contribution in [-0.2, 0) is 21.3 Å². The maximum atomic E-state index is 12.9. The van der Waals surface area contributed by atoms with E-state index in [1.54, 1.807) is 18.3 Å². The highest BCUT2D eigenvalue weighted by atomic mass is 32.2. The number of aryl methyl sites for hydroxylation is 1. The summed E-state index contributed by atoms with van der Waals surface area (Å²) in [7, 11) is -1.78. The number of aromatic amines is 1. The van der Waals surface area contributed by atoms with Crippen LogP contribution in [0.5, 0.6) is 0 Å². The van der Waals surface area contributed by atoms with Crippen molar-refractivity contribution < 1.29 is 13.2 Å². The topological polar surface area (TPSA) is 87.3 Å². The first-order valence-electron chi connectivity index (χ1n) is 6.80.